The van der Waals surface area contributed by atoms with Crippen molar-refractivity contribution in [1.82, 2.24) is 15.3 Å². The zero-order chi connectivity index (χ0) is 16.2. The van der Waals surface area contributed by atoms with Crippen LogP contribution < -0.4 is 10.2 Å². The summed E-state index contributed by atoms with van der Waals surface area (Å²) in [6.07, 6.45) is -0.721. The number of hydrogen-bond acceptors (Lipinski definition) is 4. The van der Waals surface area contributed by atoms with E-state index in [1.165, 1.54) is 13.0 Å². The number of amides is 1. The maximum Gasteiger partial charge on any atom is 0.451 e. The third-order valence-corrected chi connectivity index (χ3v) is 3.76. The van der Waals surface area contributed by atoms with Crippen molar-refractivity contribution in [3.05, 3.63) is 18.1 Å². The number of alkyl halides is 3. The number of piperidine rings is 1. The lowest BCUT2D eigenvalue weighted by molar-refractivity contribution is -0.144. The summed E-state index contributed by atoms with van der Waals surface area (Å²) in [6, 6.07) is 1.51. The van der Waals surface area contributed by atoms with Gasteiger partial charge in [0.15, 0.2) is 0 Å². The predicted molar refractivity (Wildman–Crippen MR) is 75.3 cm³/mol. The van der Waals surface area contributed by atoms with Crippen LogP contribution in [0.1, 0.15) is 32.0 Å². The van der Waals surface area contributed by atoms with Crippen LogP contribution >= 0.6 is 0 Å². The van der Waals surface area contributed by atoms with Crippen LogP contribution in [0.15, 0.2) is 12.3 Å². The second kappa shape index (κ2) is 6.93. The van der Waals surface area contributed by atoms with Crippen molar-refractivity contribution in [1.29, 1.82) is 0 Å². The summed E-state index contributed by atoms with van der Waals surface area (Å²) in [6.45, 7) is 3.46. The molecule has 5 nitrogen and oxygen atoms in total. The highest BCUT2D eigenvalue weighted by atomic mass is 19.4. The number of hydrogen-bond donors (Lipinski definition) is 1. The molecule has 0 radical (unpaired) electrons. The molecule has 0 atom stereocenters. The second-order valence-corrected chi connectivity index (χ2v) is 5.44. The van der Waals surface area contributed by atoms with E-state index in [1.807, 2.05) is 4.90 Å². The molecule has 1 aromatic rings. The lowest BCUT2D eigenvalue weighted by Crippen LogP contribution is -2.35. The number of halogens is 3. The Kier molecular flexibility index (Phi) is 5.20. The molecule has 0 aromatic carbocycles. The molecule has 1 saturated heterocycles. The van der Waals surface area contributed by atoms with Crippen LogP contribution in [-0.4, -0.2) is 35.5 Å². The first-order valence-electron chi connectivity index (χ1n) is 7.26. The number of carbonyl (C=O) groups is 1. The van der Waals surface area contributed by atoms with Gasteiger partial charge in [-0.1, -0.05) is 0 Å². The smallest absolute Gasteiger partial charge is 0.356 e. The standard InChI is InChI=1S/C14H19F3N4O/c1-10(22)18-6-2-11-4-8-21(9-5-11)12-3-7-19-13(20-12)14(15,16)17/h3,7,11H,2,4-6,8-9H2,1H3,(H,18,22). The average Bonchev–Trinajstić information content (AvgIpc) is 2.47. The van der Waals surface area contributed by atoms with Crippen LogP contribution in [-0.2, 0) is 11.0 Å². The Morgan fingerprint density at radius 1 is 1.41 bits per heavy atom. The number of anilines is 1. The topological polar surface area (TPSA) is 58.1 Å². The van der Waals surface area contributed by atoms with Crippen LogP contribution in [0.2, 0.25) is 0 Å². The van der Waals surface area contributed by atoms with Crippen molar-refractivity contribution >= 4 is 11.7 Å². The van der Waals surface area contributed by atoms with Crippen molar-refractivity contribution in [2.45, 2.75) is 32.4 Å². The summed E-state index contributed by atoms with van der Waals surface area (Å²) < 4.78 is 37.9. The molecule has 22 heavy (non-hydrogen) atoms. The van der Waals surface area contributed by atoms with Crippen molar-refractivity contribution in [2.24, 2.45) is 5.92 Å². The molecule has 0 spiro atoms. The first-order valence-corrected chi connectivity index (χ1v) is 7.26. The van der Waals surface area contributed by atoms with Crippen LogP contribution in [0.25, 0.3) is 0 Å². The van der Waals surface area contributed by atoms with Gasteiger partial charge in [0.2, 0.25) is 11.7 Å². The van der Waals surface area contributed by atoms with Gasteiger partial charge in [0, 0.05) is 32.8 Å². The van der Waals surface area contributed by atoms with E-state index in [0.29, 0.717) is 31.4 Å². The summed E-state index contributed by atoms with van der Waals surface area (Å²) in [5.41, 5.74) is 0. The van der Waals surface area contributed by atoms with Crippen LogP contribution in [0.5, 0.6) is 0 Å². The van der Waals surface area contributed by atoms with Gasteiger partial charge in [0.25, 0.3) is 0 Å². The number of carbonyl (C=O) groups excluding carboxylic acids is 1. The highest BCUT2D eigenvalue weighted by Crippen LogP contribution is 2.28. The minimum atomic E-state index is -4.52. The zero-order valence-corrected chi connectivity index (χ0v) is 12.4. The summed E-state index contributed by atoms with van der Waals surface area (Å²) in [5.74, 6) is -0.342. The number of aromatic nitrogens is 2. The van der Waals surface area contributed by atoms with E-state index < -0.39 is 12.0 Å². The summed E-state index contributed by atoms with van der Waals surface area (Å²) in [7, 11) is 0. The van der Waals surface area contributed by atoms with E-state index in [1.54, 1.807) is 0 Å². The largest absolute Gasteiger partial charge is 0.451 e. The summed E-state index contributed by atoms with van der Waals surface area (Å²) in [4.78, 5) is 19.5. The molecule has 1 aliphatic heterocycles. The Hall–Kier alpha value is -1.86. The maximum atomic E-state index is 12.6. The van der Waals surface area contributed by atoms with Gasteiger partial charge < -0.3 is 10.2 Å². The minimum absolute atomic E-state index is 0.0434. The Bertz CT molecular complexity index is 513. The minimum Gasteiger partial charge on any atom is -0.356 e. The molecule has 8 heteroatoms. The van der Waals surface area contributed by atoms with E-state index in [0.717, 1.165) is 25.5 Å². The Morgan fingerprint density at radius 2 is 2.09 bits per heavy atom. The molecule has 1 N–H and O–H groups in total. The van der Waals surface area contributed by atoms with E-state index >= 15 is 0 Å². The predicted octanol–water partition coefficient (Wildman–Crippen LogP) is 2.24. The first-order chi connectivity index (χ1) is 10.4. The molecule has 0 unspecified atom stereocenters. The molecule has 2 heterocycles. The number of nitrogens with zero attached hydrogens (tertiary/aromatic N) is 3. The molecule has 1 aromatic heterocycles. The van der Waals surface area contributed by atoms with Gasteiger partial charge in [0.05, 0.1) is 0 Å². The lowest BCUT2D eigenvalue weighted by Gasteiger charge is -2.33. The van der Waals surface area contributed by atoms with Gasteiger partial charge >= 0.3 is 6.18 Å². The molecule has 2 rings (SSSR count). The third kappa shape index (κ3) is 4.57. The third-order valence-electron chi connectivity index (χ3n) is 3.76. The van der Waals surface area contributed by atoms with Crippen molar-refractivity contribution in [3.8, 4) is 0 Å². The number of rotatable bonds is 4. The SMILES string of the molecule is CC(=O)NCCC1CCN(c2ccnc(C(F)(F)F)n2)CC1. The molecule has 0 bridgehead atoms. The van der Waals surface area contributed by atoms with Crippen LogP contribution in [0, 0.1) is 5.92 Å². The lowest BCUT2D eigenvalue weighted by atomic mass is 9.93. The molecule has 0 aliphatic carbocycles. The highest BCUT2D eigenvalue weighted by molar-refractivity contribution is 5.72. The fourth-order valence-electron chi connectivity index (χ4n) is 2.56. The fourth-order valence-corrected chi connectivity index (χ4v) is 2.56. The van der Waals surface area contributed by atoms with Gasteiger partial charge in [0.1, 0.15) is 5.82 Å². The van der Waals surface area contributed by atoms with Gasteiger partial charge in [-0.05, 0) is 31.2 Å². The van der Waals surface area contributed by atoms with Crippen molar-refractivity contribution in [3.63, 3.8) is 0 Å². The molecule has 1 aliphatic rings. The summed E-state index contributed by atoms with van der Waals surface area (Å²) >= 11 is 0. The quantitative estimate of drug-likeness (QED) is 0.925. The monoisotopic (exact) mass is 316 g/mol. The highest BCUT2D eigenvalue weighted by Gasteiger charge is 2.35. The first kappa shape index (κ1) is 16.5. The van der Waals surface area contributed by atoms with Crippen molar-refractivity contribution < 1.29 is 18.0 Å². The Morgan fingerprint density at radius 3 is 2.68 bits per heavy atom. The second-order valence-electron chi connectivity index (χ2n) is 5.44. The van der Waals surface area contributed by atoms with E-state index in [4.69, 9.17) is 0 Å². The van der Waals surface area contributed by atoms with E-state index in [-0.39, 0.29) is 5.91 Å². The van der Waals surface area contributed by atoms with Crippen LogP contribution in [0.4, 0.5) is 19.0 Å². The molecular weight excluding hydrogens is 297 g/mol. The van der Waals surface area contributed by atoms with Gasteiger partial charge in [-0.3, -0.25) is 4.79 Å². The summed E-state index contributed by atoms with van der Waals surface area (Å²) in [5, 5.41) is 2.76. The molecule has 122 valence electrons. The van der Waals surface area contributed by atoms with Crippen molar-refractivity contribution in [2.75, 3.05) is 24.5 Å². The van der Waals surface area contributed by atoms with Gasteiger partial charge in [-0.2, -0.15) is 13.2 Å². The molecule has 0 saturated carbocycles. The average molecular weight is 316 g/mol. The molecule has 1 fully saturated rings. The van der Waals surface area contributed by atoms with E-state index in [2.05, 4.69) is 15.3 Å². The Balaban J connectivity index is 1.88. The van der Waals surface area contributed by atoms with E-state index in [9.17, 15) is 18.0 Å². The molecule has 1 amide bonds. The van der Waals surface area contributed by atoms with Gasteiger partial charge in [-0.15, -0.1) is 0 Å². The normalized spacial score (nSPS) is 16.6. The van der Waals surface area contributed by atoms with Crippen LogP contribution in [0.3, 0.4) is 0 Å². The zero-order valence-electron chi connectivity index (χ0n) is 12.4. The fraction of sp³-hybridized carbons (Fsp3) is 0.643. The number of nitrogens with one attached hydrogen (secondary N) is 1. The maximum absolute atomic E-state index is 12.6. The van der Waals surface area contributed by atoms with Gasteiger partial charge in [-0.25, -0.2) is 9.97 Å². The Labute approximate surface area is 126 Å². The molecular formula is C14H19F3N4O.